The quantitative estimate of drug-likeness (QED) is 0.932. The van der Waals surface area contributed by atoms with Gasteiger partial charge in [-0.2, -0.15) is 0 Å². The van der Waals surface area contributed by atoms with Crippen LogP contribution in [0.25, 0.3) is 0 Å². The summed E-state index contributed by atoms with van der Waals surface area (Å²) in [6, 6.07) is 5.42. The molecule has 0 bridgehead atoms. The number of benzene rings is 1. The Bertz CT molecular complexity index is 539. The Kier molecular flexibility index (Phi) is 4.52. The van der Waals surface area contributed by atoms with Gasteiger partial charge >= 0.3 is 0 Å². The Hall–Kier alpha value is -1.75. The number of rotatable bonds is 3. The summed E-state index contributed by atoms with van der Waals surface area (Å²) >= 11 is 0. The summed E-state index contributed by atoms with van der Waals surface area (Å²) in [5.74, 6) is 2.24. The molecule has 1 fully saturated rings. The lowest BCUT2D eigenvalue weighted by molar-refractivity contribution is -0.121. The number of hydrogen-bond donors (Lipinski definition) is 1. The van der Waals surface area contributed by atoms with Crippen molar-refractivity contribution in [1.29, 1.82) is 0 Å². The van der Waals surface area contributed by atoms with Gasteiger partial charge in [0.1, 0.15) is 13.2 Å². The van der Waals surface area contributed by atoms with Crippen molar-refractivity contribution in [2.24, 2.45) is 5.92 Å². The number of nitrogens with one attached hydrogen (secondary N) is 1. The zero-order chi connectivity index (χ0) is 15.5. The van der Waals surface area contributed by atoms with E-state index in [2.05, 4.69) is 17.1 Å². The second kappa shape index (κ2) is 6.57. The van der Waals surface area contributed by atoms with Crippen LogP contribution in [0.5, 0.6) is 11.5 Å². The van der Waals surface area contributed by atoms with E-state index in [0.717, 1.165) is 30.4 Å². The molecule has 0 radical (unpaired) electrons. The highest BCUT2D eigenvalue weighted by atomic mass is 16.6. The van der Waals surface area contributed by atoms with Gasteiger partial charge in [0.25, 0.3) is 0 Å². The molecule has 2 aliphatic heterocycles. The SMILES string of the molecule is CC1CCN(C(C)C(=O)Nc2ccc3c(c2)OCCO3)CC1. The summed E-state index contributed by atoms with van der Waals surface area (Å²) in [7, 11) is 0. The molecule has 5 nitrogen and oxygen atoms in total. The number of ether oxygens (including phenoxy) is 2. The maximum atomic E-state index is 12.4. The van der Waals surface area contributed by atoms with Crippen LogP contribution in [0.3, 0.4) is 0 Å². The molecule has 1 aromatic rings. The lowest BCUT2D eigenvalue weighted by atomic mass is 9.98. The van der Waals surface area contributed by atoms with E-state index in [4.69, 9.17) is 9.47 Å². The molecule has 1 N–H and O–H groups in total. The Balaban J connectivity index is 1.61. The molecule has 0 saturated carbocycles. The van der Waals surface area contributed by atoms with Crippen molar-refractivity contribution in [3.8, 4) is 11.5 Å². The molecular formula is C17H24N2O3. The first-order valence-corrected chi connectivity index (χ1v) is 8.08. The topological polar surface area (TPSA) is 50.8 Å². The van der Waals surface area contributed by atoms with E-state index in [1.165, 1.54) is 12.8 Å². The summed E-state index contributed by atoms with van der Waals surface area (Å²) in [6.07, 6.45) is 2.34. The molecule has 5 heteroatoms. The fraction of sp³-hybridized carbons (Fsp3) is 0.588. The number of piperidine rings is 1. The number of nitrogens with zero attached hydrogens (tertiary/aromatic N) is 1. The summed E-state index contributed by atoms with van der Waals surface area (Å²) in [5, 5.41) is 2.98. The van der Waals surface area contributed by atoms with Gasteiger partial charge in [0, 0.05) is 11.8 Å². The molecule has 0 aliphatic carbocycles. The van der Waals surface area contributed by atoms with Gasteiger partial charge in [0.05, 0.1) is 6.04 Å². The second-order valence-electron chi connectivity index (χ2n) is 6.24. The van der Waals surface area contributed by atoms with Crippen LogP contribution in [-0.2, 0) is 4.79 Å². The maximum absolute atomic E-state index is 12.4. The van der Waals surface area contributed by atoms with Crippen LogP contribution in [0.4, 0.5) is 5.69 Å². The molecule has 1 saturated heterocycles. The zero-order valence-electron chi connectivity index (χ0n) is 13.3. The zero-order valence-corrected chi connectivity index (χ0v) is 13.3. The minimum absolute atomic E-state index is 0.0335. The summed E-state index contributed by atoms with van der Waals surface area (Å²) in [4.78, 5) is 14.7. The first kappa shape index (κ1) is 15.2. The molecule has 1 amide bonds. The minimum Gasteiger partial charge on any atom is -0.486 e. The lowest BCUT2D eigenvalue weighted by Gasteiger charge is -2.34. The van der Waals surface area contributed by atoms with Crippen LogP contribution in [-0.4, -0.2) is 43.2 Å². The average Bonchev–Trinajstić information content (AvgIpc) is 2.55. The van der Waals surface area contributed by atoms with E-state index >= 15 is 0 Å². The van der Waals surface area contributed by atoms with Crippen molar-refractivity contribution in [2.45, 2.75) is 32.7 Å². The van der Waals surface area contributed by atoms with Gasteiger partial charge < -0.3 is 14.8 Å². The van der Waals surface area contributed by atoms with Crippen molar-refractivity contribution >= 4 is 11.6 Å². The largest absolute Gasteiger partial charge is 0.486 e. The molecule has 2 heterocycles. The summed E-state index contributed by atoms with van der Waals surface area (Å²) < 4.78 is 11.0. The number of carbonyl (C=O) groups excluding carboxylic acids is 1. The van der Waals surface area contributed by atoms with Gasteiger partial charge in [-0.25, -0.2) is 0 Å². The molecular weight excluding hydrogens is 280 g/mol. The van der Waals surface area contributed by atoms with Gasteiger partial charge in [-0.15, -0.1) is 0 Å². The number of amides is 1. The standard InChI is InChI=1S/C17H24N2O3/c1-12-5-7-19(8-6-12)13(2)17(20)18-14-3-4-15-16(11-14)22-10-9-21-15/h3-4,11-13H,5-10H2,1-2H3,(H,18,20). The molecule has 2 aliphatic rings. The number of hydrogen-bond acceptors (Lipinski definition) is 4. The van der Waals surface area contributed by atoms with Gasteiger partial charge in [0.15, 0.2) is 11.5 Å². The third-order valence-electron chi connectivity index (χ3n) is 4.56. The third kappa shape index (κ3) is 3.35. The maximum Gasteiger partial charge on any atom is 0.241 e. The molecule has 1 aromatic carbocycles. The fourth-order valence-corrected chi connectivity index (χ4v) is 2.95. The van der Waals surface area contributed by atoms with Crippen molar-refractivity contribution < 1.29 is 14.3 Å². The second-order valence-corrected chi connectivity index (χ2v) is 6.24. The molecule has 0 spiro atoms. The van der Waals surface area contributed by atoms with E-state index in [9.17, 15) is 4.79 Å². The van der Waals surface area contributed by atoms with Crippen molar-refractivity contribution in [1.82, 2.24) is 4.90 Å². The highest BCUT2D eigenvalue weighted by Gasteiger charge is 2.25. The van der Waals surface area contributed by atoms with Crippen molar-refractivity contribution in [3.63, 3.8) is 0 Å². The smallest absolute Gasteiger partial charge is 0.241 e. The third-order valence-corrected chi connectivity index (χ3v) is 4.56. The van der Waals surface area contributed by atoms with Crippen LogP contribution in [0.2, 0.25) is 0 Å². The van der Waals surface area contributed by atoms with Crippen LogP contribution in [0.15, 0.2) is 18.2 Å². The van der Waals surface area contributed by atoms with Gasteiger partial charge in [-0.05, 0) is 50.9 Å². The molecule has 120 valence electrons. The molecule has 3 rings (SSSR count). The lowest BCUT2D eigenvalue weighted by Crippen LogP contribution is -2.45. The average molecular weight is 304 g/mol. The Labute approximate surface area is 131 Å². The first-order chi connectivity index (χ1) is 10.6. The summed E-state index contributed by atoms with van der Waals surface area (Å²) in [5.41, 5.74) is 0.756. The number of anilines is 1. The van der Waals surface area contributed by atoms with E-state index < -0.39 is 0 Å². The predicted octanol–water partition coefficient (Wildman–Crippen LogP) is 2.52. The van der Waals surface area contributed by atoms with Gasteiger partial charge in [-0.1, -0.05) is 6.92 Å². The Morgan fingerprint density at radius 1 is 1.23 bits per heavy atom. The summed E-state index contributed by atoms with van der Waals surface area (Å²) in [6.45, 7) is 7.37. The van der Waals surface area contributed by atoms with E-state index in [1.54, 1.807) is 0 Å². The van der Waals surface area contributed by atoms with Gasteiger partial charge in [0.2, 0.25) is 5.91 Å². The Morgan fingerprint density at radius 3 is 2.64 bits per heavy atom. The monoisotopic (exact) mass is 304 g/mol. The number of carbonyl (C=O) groups is 1. The normalized spacial score (nSPS) is 20.5. The predicted molar refractivity (Wildman–Crippen MR) is 85.5 cm³/mol. The highest BCUT2D eigenvalue weighted by molar-refractivity contribution is 5.94. The molecule has 0 aromatic heterocycles. The first-order valence-electron chi connectivity index (χ1n) is 8.08. The van der Waals surface area contributed by atoms with Gasteiger partial charge in [-0.3, -0.25) is 9.69 Å². The fourth-order valence-electron chi connectivity index (χ4n) is 2.95. The number of likely N-dealkylation sites (tertiary alicyclic amines) is 1. The van der Waals surface area contributed by atoms with Crippen LogP contribution in [0, 0.1) is 5.92 Å². The molecule has 1 unspecified atom stereocenters. The van der Waals surface area contributed by atoms with Crippen molar-refractivity contribution in [2.75, 3.05) is 31.6 Å². The Morgan fingerprint density at radius 2 is 1.91 bits per heavy atom. The van der Waals surface area contributed by atoms with E-state index in [0.29, 0.717) is 19.0 Å². The minimum atomic E-state index is -0.110. The van der Waals surface area contributed by atoms with E-state index in [-0.39, 0.29) is 11.9 Å². The van der Waals surface area contributed by atoms with Crippen LogP contribution >= 0.6 is 0 Å². The van der Waals surface area contributed by atoms with Crippen LogP contribution < -0.4 is 14.8 Å². The molecule has 22 heavy (non-hydrogen) atoms. The van der Waals surface area contributed by atoms with Crippen LogP contribution in [0.1, 0.15) is 26.7 Å². The molecule has 1 atom stereocenters. The van der Waals surface area contributed by atoms with E-state index in [1.807, 2.05) is 25.1 Å². The number of fused-ring (bicyclic) bond motifs is 1. The highest BCUT2D eigenvalue weighted by Crippen LogP contribution is 2.32. The van der Waals surface area contributed by atoms with Crippen molar-refractivity contribution in [3.05, 3.63) is 18.2 Å².